The Kier molecular flexibility index (Phi) is 2.40. The quantitative estimate of drug-likeness (QED) is 0.595. The zero-order valence-corrected chi connectivity index (χ0v) is 9.95. The lowest BCUT2D eigenvalue weighted by atomic mass is 9.96. The highest BCUT2D eigenvalue weighted by Crippen LogP contribution is 2.42. The molecular weight excluding hydrogens is 290 g/mol. The largest absolute Gasteiger partial charge is 0.426 e. The van der Waals surface area contributed by atoms with Crippen molar-refractivity contribution in [2.45, 2.75) is 11.8 Å². The molecule has 0 N–H and O–H groups in total. The first-order chi connectivity index (χ1) is 8.80. The highest BCUT2D eigenvalue weighted by atomic mass is 35.5. The standard InChI is InChI=1S/C9H6ClF4N5/c10-5-1-6(19-7(17-5)15-4-16-19)18-2-8(11,3-18)9(12,13)14/h1,4H,2-3H2. The Hall–Kier alpha value is -1.64. The lowest BCUT2D eigenvalue weighted by Crippen LogP contribution is -2.67. The zero-order chi connectivity index (χ0) is 13.8. The molecule has 0 spiro atoms. The molecule has 5 nitrogen and oxygen atoms in total. The van der Waals surface area contributed by atoms with Crippen molar-refractivity contribution in [3.63, 3.8) is 0 Å². The Labute approximate surface area is 108 Å². The van der Waals surface area contributed by atoms with Crippen LogP contribution >= 0.6 is 11.6 Å². The molecule has 2 aromatic heterocycles. The monoisotopic (exact) mass is 295 g/mol. The van der Waals surface area contributed by atoms with E-state index in [4.69, 9.17) is 11.6 Å². The van der Waals surface area contributed by atoms with Crippen molar-refractivity contribution in [2.24, 2.45) is 0 Å². The number of halogens is 5. The summed E-state index contributed by atoms with van der Waals surface area (Å²) in [5.74, 6) is 0.371. The number of aromatic nitrogens is 4. The van der Waals surface area contributed by atoms with E-state index in [2.05, 4.69) is 15.1 Å². The second-order valence-electron chi connectivity index (χ2n) is 4.23. The van der Waals surface area contributed by atoms with Crippen LogP contribution in [0.15, 0.2) is 12.4 Å². The number of hydrogen-bond acceptors (Lipinski definition) is 4. The SMILES string of the molecule is FC(F)(F)C1(F)CN(c2cc(Cl)nc3ncnn23)C1. The van der Waals surface area contributed by atoms with E-state index in [9.17, 15) is 17.6 Å². The molecule has 10 heteroatoms. The summed E-state index contributed by atoms with van der Waals surface area (Å²) in [6, 6.07) is 1.32. The minimum absolute atomic E-state index is 0.0545. The van der Waals surface area contributed by atoms with Gasteiger partial charge in [-0.3, -0.25) is 0 Å². The maximum Gasteiger partial charge on any atom is 0.426 e. The van der Waals surface area contributed by atoms with Gasteiger partial charge in [-0.1, -0.05) is 11.6 Å². The van der Waals surface area contributed by atoms with Crippen molar-refractivity contribution < 1.29 is 17.6 Å². The predicted molar refractivity (Wildman–Crippen MR) is 57.9 cm³/mol. The Morgan fingerprint density at radius 3 is 2.63 bits per heavy atom. The number of fused-ring (bicyclic) bond motifs is 1. The first-order valence-electron chi connectivity index (χ1n) is 5.17. The topological polar surface area (TPSA) is 46.3 Å². The number of hydrogen-bond donors (Lipinski definition) is 0. The molecule has 0 atom stereocenters. The second kappa shape index (κ2) is 3.69. The minimum atomic E-state index is -4.89. The van der Waals surface area contributed by atoms with Crippen LogP contribution in [0.3, 0.4) is 0 Å². The van der Waals surface area contributed by atoms with E-state index in [0.29, 0.717) is 0 Å². The molecule has 0 aliphatic carbocycles. The molecule has 19 heavy (non-hydrogen) atoms. The van der Waals surface area contributed by atoms with Gasteiger partial charge in [-0.25, -0.2) is 4.39 Å². The van der Waals surface area contributed by atoms with Gasteiger partial charge in [0.2, 0.25) is 5.67 Å². The van der Waals surface area contributed by atoms with Crippen LogP contribution in [0, 0.1) is 0 Å². The van der Waals surface area contributed by atoms with Gasteiger partial charge in [-0.05, 0) is 0 Å². The van der Waals surface area contributed by atoms with Crippen LogP contribution in [0.1, 0.15) is 0 Å². The molecule has 0 saturated carbocycles. The molecule has 3 rings (SSSR count). The summed E-state index contributed by atoms with van der Waals surface area (Å²) in [7, 11) is 0. The van der Waals surface area contributed by atoms with Gasteiger partial charge in [0.1, 0.15) is 17.3 Å². The summed E-state index contributed by atoms with van der Waals surface area (Å²) < 4.78 is 52.0. The number of nitrogens with zero attached hydrogens (tertiary/aromatic N) is 5. The van der Waals surface area contributed by atoms with Gasteiger partial charge in [0.25, 0.3) is 5.78 Å². The van der Waals surface area contributed by atoms with Gasteiger partial charge >= 0.3 is 6.18 Å². The molecule has 1 fully saturated rings. The third kappa shape index (κ3) is 1.79. The average Bonchev–Trinajstić information content (AvgIpc) is 2.69. The molecule has 0 radical (unpaired) electrons. The van der Waals surface area contributed by atoms with E-state index in [1.807, 2.05) is 0 Å². The Balaban J connectivity index is 1.94. The maximum absolute atomic E-state index is 13.5. The fourth-order valence-electron chi connectivity index (χ4n) is 1.89. The molecule has 102 valence electrons. The molecule has 2 aromatic rings. The van der Waals surface area contributed by atoms with Crippen LogP contribution in [-0.2, 0) is 0 Å². The highest BCUT2D eigenvalue weighted by molar-refractivity contribution is 6.29. The normalized spacial score (nSPS) is 18.7. The van der Waals surface area contributed by atoms with E-state index < -0.39 is 24.9 Å². The second-order valence-corrected chi connectivity index (χ2v) is 4.62. The third-order valence-electron chi connectivity index (χ3n) is 2.92. The molecule has 1 aliphatic rings. The maximum atomic E-state index is 13.5. The Morgan fingerprint density at radius 2 is 2.00 bits per heavy atom. The average molecular weight is 296 g/mol. The van der Waals surface area contributed by atoms with Gasteiger partial charge in [-0.15, -0.1) is 0 Å². The van der Waals surface area contributed by atoms with Crippen molar-refractivity contribution in [2.75, 3.05) is 18.0 Å². The van der Waals surface area contributed by atoms with Crippen molar-refractivity contribution in [1.29, 1.82) is 0 Å². The molecule has 0 aromatic carbocycles. The molecule has 0 unspecified atom stereocenters. The van der Waals surface area contributed by atoms with E-state index in [1.165, 1.54) is 21.8 Å². The lowest BCUT2D eigenvalue weighted by Gasteiger charge is -2.45. The fraction of sp³-hybridized carbons (Fsp3) is 0.444. The third-order valence-corrected chi connectivity index (χ3v) is 3.11. The Morgan fingerprint density at radius 1 is 1.32 bits per heavy atom. The first-order valence-corrected chi connectivity index (χ1v) is 5.55. The van der Waals surface area contributed by atoms with Crippen LogP contribution in [0.4, 0.5) is 23.4 Å². The van der Waals surface area contributed by atoms with Gasteiger partial charge in [0.15, 0.2) is 0 Å². The van der Waals surface area contributed by atoms with Crippen molar-refractivity contribution in [3.8, 4) is 0 Å². The van der Waals surface area contributed by atoms with Crippen LogP contribution in [-0.4, -0.2) is 44.5 Å². The Bertz CT molecular complexity index is 633. The predicted octanol–water partition coefficient (Wildman–Crippen LogP) is 1.87. The summed E-state index contributed by atoms with van der Waals surface area (Å²) in [4.78, 5) is 8.80. The lowest BCUT2D eigenvalue weighted by molar-refractivity contribution is -0.237. The summed E-state index contributed by atoms with van der Waals surface area (Å²) in [6.45, 7) is -1.60. The first kappa shape index (κ1) is 12.4. The van der Waals surface area contributed by atoms with Crippen LogP contribution in [0.5, 0.6) is 0 Å². The van der Waals surface area contributed by atoms with Gasteiger partial charge in [0, 0.05) is 6.07 Å². The van der Waals surface area contributed by atoms with Gasteiger partial charge < -0.3 is 4.90 Å². The van der Waals surface area contributed by atoms with Crippen LogP contribution < -0.4 is 4.90 Å². The molecule has 0 bridgehead atoms. The van der Waals surface area contributed by atoms with E-state index in [1.54, 1.807) is 0 Å². The zero-order valence-electron chi connectivity index (χ0n) is 9.19. The number of anilines is 1. The van der Waals surface area contributed by atoms with Crippen LogP contribution in [0.25, 0.3) is 5.78 Å². The number of rotatable bonds is 1. The van der Waals surface area contributed by atoms with Gasteiger partial charge in [-0.2, -0.15) is 32.8 Å². The fourth-order valence-corrected chi connectivity index (χ4v) is 2.07. The molecule has 1 saturated heterocycles. The highest BCUT2D eigenvalue weighted by Gasteiger charge is 2.63. The number of alkyl halides is 4. The summed E-state index contributed by atoms with van der Waals surface area (Å²) in [5, 5.41) is 3.87. The van der Waals surface area contributed by atoms with Crippen LogP contribution in [0.2, 0.25) is 5.15 Å². The van der Waals surface area contributed by atoms with E-state index in [0.717, 1.165) is 0 Å². The van der Waals surface area contributed by atoms with Crippen molar-refractivity contribution in [3.05, 3.63) is 17.5 Å². The molecule has 1 aliphatic heterocycles. The van der Waals surface area contributed by atoms with Crippen molar-refractivity contribution >= 4 is 23.2 Å². The van der Waals surface area contributed by atoms with Gasteiger partial charge in [0.05, 0.1) is 13.1 Å². The van der Waals surface area contributed by atoms with E-state index >= 15 is 0 Å². The summed E-state index contributed by atoms with van der Waals surface area (Å²) in [6.07, 6.45) is -3.70. The smallest absolute Gasteiger partial charge is 0.349 e. The van der Waals surface area contributed by atoms with Crippen molar-refractivity contribution in [1.82, 2.24) is 19.6 Å². The molecular formula is C9H6ClF4N5. The summed E-state index contributed by atoms with van der Waals surface area (Å²) >= 11 is 5.73. The summed E-state index contributed by atoms with van der Waals surface area (Å²) in [5.41, 5.74) is -3.20. The molecule has 0 amide bonds. The van der Waals surface area contributed by atoms with E-state index in [-0.39, 0.29) is 16.7 Å². The molecule has 3 heterocycles. The minimum Gasteiger partial charge on any atom is -0.349 e.